The number of benzene rings is 2. The third-order valence-electron chi connectivity index (χ3n) is 7.23. The van der Waals surface area contributed by atoms with Gasteiger partial charge in [0.25, 0.3) is 5.91 Å². The Hall–Kier alpha value is -2.68. The molecule has 2 aliphatic heterocycles. The molecule has 0 unspecified atom stereocenters. The lowest BCUT2D eigenvalue weighted by atomic mass is 9.91. The molecule has 1 saturated heterocycles. The number of rotatable bonds is 7. The standard InChI is InChI=1S/C28H31ClF2N2O4/c1-27(2)10-9-17-13-18(5-7-23(17)37-27)25(34)21(16-33-11-3-4-12-33)32-26(35)28(30,31)24-15-19-14-20(29)6-8-22(19)36-24/h5-8,13-15,21,25,34H,3-4,9-12,16H2,1-2H3,(H,32,35)/t21-,25-/m1/s1. The van der Waals surface area contributed by atoms with Crippen LogP contribution in [-0.2, 0) is 17.1 Å². The number of furan rings is 1. The predicted molar refractivity (Wildman–Crippen MR) is 137 cm³/mol. The number of amides is 1. The number of aliphatic hydroxyl groups is 1. The number of alkyl halides is 2. The van der Waals surface area contributed by atoms with Crippen LogP contribution in [0.5, 0.6) is 5.75 Å². The first kappa shape index (κ1) is 25.9. The molecule has 0 radical (unpaired) electrons. The molecule has 2 aromatic carbocycles. The van der Waals surface area contributed by atoms with Gasteiger partial charge in [-0.15, -0.1) is 0 Å². The number of ether oxygens (including phenoxy) is 1. The summed E-state index contributed by atoms with van der Waals surface area (Å²) < 4.78 is 41.9. The van der Waals surface area contributed by atoms with Crippen molar-refractivity contribution in [2.75, 3.05) is 19.6 Å². The van der Waals surface area contributed by atoms with E-state index < -0.39 is 29.7 Å². The monoisotopic (exact) mass is 532 g/mol. The van der Waals surface area contributed by atoms with Crippen LogP contribution in [0, 0.1) is 0 Å². The van der Waals surface area contributed by atoms with E-state index in [-0.39, 0.29) is 17.7 Å². The molecule has 0 spiro atoms. The van der Waals surface area contributed by atoms with Crippen LogP contribution in [-0.4, -0.2) is 47.2 Å². The van der Waals surface area contributed by atoms with Crippen molar-refractivity contribution in [3.63, 3.8) is 0 Å². The number of carbonyl (C=O) groups is 1. The molecule has 37 heavy (non-hydrogen) atoms. The lowest BCUT2D eigenvalue weighted by Crippen LogP contribution is -2.50. The second-order valence-electron chi connectivity index (χ2n) is 10.6. The van der Waals surface area contributed by atoms with Gasteiger partial charge in [-0.3, -0.25) is 4.79 Å². The first-order valence-corrected chi connectivity index (χ1v) is 13.0. The molecule has 2 aliphatic rings. The Balaban J connectivity index is 1.39. The summed E-state index contributed by atoms with van der Waals surface area (Å²) in [4.78, 5) is 15.0. The molecule has 2 atom stereocenters. The molecule has 3 heterocycles. The quantitative estimate of drug-likeness (QED) is 0.414. The van der Waals surface area contributed by atoms with Crippen LogP contribution < -0.4 is 10.1 Å². The van der Waals surface area contributed by atoms with E-state index in [2.05, 4.69) is 10.2 Å². The molecule has 3 aromatic rings. The Kier molecular flexibility index (Phi) is 6.94. The first-order valence-electron chi connectivity index (χ1n) is 12.6. The van der Waals surface area contributed by atoms with Crippen LogP contribution in [0.2, 0.25) is 5.02 Å². The molecule has 1 fully saturated rings. The number of halogens is 3. The molecule has 0 bridgehead atoms. The summed E-state index contributed by atoms with van der Waals surface area (Å²) in [6.45, 7) is 5.87. The Morgan fingerprint density at radius 2 is 1.95 bits per heavy atom. The lowest BCUT2D eigenvalue weighted by molar-refractivity contribution is -0.151. The predicted octanol–water partition coefficient (Wildman–Crippen LogP) is 5.60. The molecule has 9 heteroatoms. The van der Waals surface area contributed by atoms with Gasteiger partial charge >= 0.3 is 5.92 Å². The van der Waals surface area contributed by atoms with Gasteiger partial charge in [-0.25, -0.2) is 0 Å². The largest absolute Gasteiger partial charge is 0.488 e. The van der Waals surface area contributed by atoms with Gasteiger partial charge in [0.1, 0.15) is 23.0 Å². The van der Waals surface area contributed by atoms with Crippen LogP contribution in [0.15, 0.2) is 46.9 Å². The Morgan fingerprint density at radius 3 is 2.70 bits per heavy atom. The average molecular weight is 533 g/mol. The zero-order valence-corrected chi connectivity index (χ0v) is 21.7. The maximum Gasteiger partial charge on any atom is 0.380 e. The second kappa shape index (κ2) is 9.89. The topological polar surface area (TPSA) is 74.9 Å². The van der Waals surface area contributed by atoms with E-state index in [1.54, 1.807) is 12.1 Å². The highest BCUT2D eigenvalue weighted by Crippen LogP contribution is 2.37. The number of nitrogens with zero attached hydrogens (tertiary/aromatic N) is 1. The molecular formula is C28H31ClF2N2O4. The fourth-order valence-corrected chi connectivity index (χ4v) is 5.28. The fraction of sp³-hybridized carbons (Fsp3) is 0.464. The number of hydrogen-bond acceptors (Lipinski definition) is 5. The number of fused-ring (bicyclic) bond motifs is 2. The fourth-order valence-electron chi connectivity index (χ4n) is 5.10. The van der Waals surface area contributed by atoms with Crippen molar-refractivity contribution in [1.29, 1.82) is 0 Å². The summed E-state index contributed by atoms with van der Waals surface area (Å²) in [6, 6.07) is 10.1. The van der Waals surface area contributed by atoms with Crippen LogP contribution >= 0.6 is 11.6 Å². The maximum absolute atomic E-state index is 15.3. The van der Waals surface area contributed by atoms with Crippen molar-refractivity contribution in [2.24, 2.45) is 0 Å². The van der Waals surface area contributed by atoms with Crippen LogP contribution in [0.1, 0.15) is 56.1 Å². The molecule has 0 aliphatic carbocycles. The van der Waals surface area contributed by atoms with Gasteiger partial charge < -0.3 is 24.5 Å². The molecular weight excluding hydrogens is 502 g/mol. The minimum absolute atomic E-state index is 0.208. The van der Waals surface area contributed by atoms with E-state index in [1.165, 1.54) is 18.2 Å². The Labute approximate surface area is 219 Å². The van der Waals surface area contributed by atoms with Gasteiger partial charge in [0, 0.05) is 17.0 Å². The highest BCUT2D eigenvalue weighted by atomic mass is 35.5. The number of aryl methyl sites for hydroxylation is 1. The van der Waals surface area contributed by atoms with Gasteiger partial charge in [-0.05, 0) is 100 Å². The molecule has 6 nitrogen and oxygen atoms in total. The van der Waals surface area contributed by atoms with Crippen molar-refractivity contribution in [2.45, 2.75) is 63.2 Å². The highest BCUT2D eigenvalue weighted by Gasteiger charge is 2.46. The van der Waals surface area contributed by atoms with Gasteiger partial charge in [0.05, 0.1) is 6.04 Å². The summed E-state index contributed by atoms with van der Waals surface area (Å²) in [5.74, 6) is -5.48. The van der Waals surface area contributed by atoms with Crippen molar-refractivity contribution in [3.8, 4) is 5.75 Å². The molecule has 1 aromatic heterocycles. The minimum Gasteiger partial charge on any atom is -0.488 e. The number of hydrogen-bond donors (Lipinski definition) is 2. The van der Waals surface area contributed by atoms with Crippen LogP contribution in [0.3, 0.4) is 0 Å². The Morgan fingerprint density at radius 1 is 1.19 bits per heavy atom. The number of likely N-dealkylation sites (tertiary alicyclic amines) is 1. The maximum atomic E-state index is 15.3. The minimum atomic E-state index is -3.94. The van der Waals surface area contributed by atoms with Gasteiger partial charge in [-0.2, -0.15) is 8.78 Å². The first-order chi connectivity index (χ1) is 17.5. The zero-order valence-electron chi connectivity index (χ0n) is 20.9. The van der Waals surface area contributed by atoms with Crippen molar-refractivity contribution < 1.29 is 27.8 Å². The summed E-state index contributed by atoms with van der Waals surface area (Å²) in [7, 11) is 0. The number of nitrogens with one attached hydrogen (secondary N) is 1. The van der Waals surface area contributed by atoms with E-state index in [9.17, 15) is 9.90 Å². The van der Waals surface area contributed by atoms with E-state index in [1.807, 2.05) is 19.9 Å². The Bertz CT molecular complexity index is 1300. The summed E-state index contributed by atoms with van der Waals surface area (Å²) in [6.07, 6.45) is 2.39. The summed E-state index contributed by atoms with van der Waals surface area (Å²) in [5.41, 5.74) is 1.44. The van der Waals surface area contributed by atoms with E-state index in [0.717, 1.165) is 56.2 Å². The number of aliphatic hydroxyl groups excluding tert-OH is 1. The van der Waals surface area contributed by atoms with Crippen LogP contribution in [0.4, 0.5) is 8.78 Å². The number of carbonyl (C=O) groups excluding carboxylic acids is 1. The molecule has 2 N–H and O–H groups in total. The van der Waals surface area contributed by atoms with Gasteiger partial charge in [-0.1, -0.05) is 17.7 Å². The zero-order chi connectivity index (χ0) is 26.4. The summed E-state index contributed by atoms with van der Waals surface area (Å²) >= 11 is 5.96. The van der Waals surface area contributed by atoms with E-state index in [0.29, 0.717) is 16.0 Å². The normalized spacial score (nSPS) is 19.3. The van der Waals surface area contributed by atoms with Crippen LogP contribution in [0.25, 0.3) is 11.0 Å². The molecule has 1 amide bonds. The third kappa shape index (κ3) is 5.47. The van der Waals surface area contributed by atoms with E-state index >= 15 is 8.78 Å². The second-order valence-corrected chi connectivity index (χ2v) is 11.1. The average Bonchev–Trinajstić information content (AvgIpc) is 3.52. The van der Waals surface area contributed by atoms with Crippen molar-refractivity contribution in [3.05, 3.63) is 64.4 Å². The third-order valence-corrected chi connectivity index (χ3v) is 7.47. The lowest BCUT2D eigenvalue weighted by Gasteiger charge is -2.34. The molecule has 0 saturated carbocycles. The van der Waals surface area contributed by atoms with Gasteiger partial charge in [0.15, 0.2) is 5.76 Å². The van der Waals surface area contributed by atoms with Crippen molar-refractivity contribution in [1.82, 2.24) is 10.2 Å². The highest BCUT2D eigenvalue weighted by molar-refractivity contribution is 6.31. The van der Waals surface area contributed by atoms with Crippen molar-refractivity contribution >= 4 is 28.5 Å². The van der Waals surface area contributed by atoms with E-state index in [4.69, 9.17) is 20.8 Å². The summed E-state index contributed by atoms with van der Waals surface area (Å²) in [5, 5.41) is 14.5. The molecule has 198 valence electrons. The SMILES string of the molecule is CC1(C)CCc2cc([C@@H](O)[C@@H](CN3CCCC3)NC(=O)C(F)(F)c3cc4cc(Cl)ccc4o3)ccc2O1. The smallest absolute Gasteiger partial charge is 0.380 e. The van der Waals surface area contributed by atoms with Gasteiger partial charge in [0.2, 0.25) is 0 Å². The molecule has 5 rings (SSSR count).